The van der Waals surface area contributed by atoms with E-state index in [1.807, 2.05) is 43.3 Å². The molecule has 7 heteroatoms. The van der Waals surface area contributed by atoms with Gasteiger partial charge in [0.1, 0.15) is 5.69 Å². The van der Waals surface area contributed by atoms with Crippen LogP contribution >= 0.6 is 0 Å². The number of nitrogens with zero attached hydrogens (tertiary/aromatic N) is 4. The Morgan fingerprint density at radius 2 is 2.04 bits per heavy atom. The molecule has 0 fully saturated rings. The van der Waals surface area contributed by atoms with Crippen LogP contribution in [0.1, 0.15) is 48.7 Å². The minimum atomic E-state index is -0.141. The first-order valence-electron chi connectivity index (χ1n) is 8.82. The molecule has 0 bridgehead atoms. The van der Waals surface area contributed by atoms with Gasteiger partial charge in [-0.2, -0.15) is 10.1 Å². The number of carbonyl (C=O) groups excluding carboxylic acids is 1. The molecule has 3 rings (SSSR count). The number of rotatable bonds is 7. The molecule has 0 saturated heterocycles. The molecule has 1 N–H and O–H groups in total. The van der Waals surface area contributed by atoms with Crippen LogP contribution in [0.25, 0.3) is 11.5 Å². The highest BCUT2D eigenvalue weighted by Gasteiger charge is 2.16. The molecule has 0 saturated carbocycles. The third-order valence-electron chi connectivity index (χ3n) is 4.05. The zero-order chi connectivity index (χ0) is 18.5. The van der Waals surface area contributed by atoms with Gasteiger partial charge in [-0.1, -0.05) is 37.2 Å². The molecule has 0 atom stereocenters. The van der Waals surface area contributed by atoms with Crippen molar-refractivity contribution in [2.75, 3.05) is 6.54 Å². The van der Waals surface area contributed by atoms with E-state index in [2.05, 4.69) is 34.4 Å². The number of hydrogen-bond donors (Lipinski definition) is 1. The number of nitrogens with one attached hydrogen (secondary N) is 1. The maximum Gasteiger partial charge on any atom is 0.269 e. The fourth-order valence-corrected chi connectivity index (χ4v) is 2.57. The molecule has 2 aromatic heterocycles. The maximum absolute atomic E-state index is 12.4. The van der Waals surface area contributed by atoms with E-state index in [9.17, 15) is 4.79 Å². The Morgan fingerprint density at radius 1 is 1.27 bits per heavy atom. The summed E-state index contributed by atoms with van der Waals surface area (Å²) in [7, 11) is 0. The first-order chi connectivity index (χ1) is 12.6. The molecular weight excluding hydrogens is 330 g/mol. The van der Waals surface area contributed by atoms with Crippen molar-refractivity contribution in [2.24, 2.45) is 0 Å². The van der Waals surface area contributed by atoms with Gasteiger partial charge in [-0.15, -0.1) is 0 Å². The Morgan fingerprint density at radius 3 is 2.73 bits per heavy atom. The lowest BCUT2D eigenvalue weighted by molar-refractivity contribution is 0.0943. The van der Waals surface area contributed by atoms with Crippen LogP contribution in [-0.2, 0) is 13.0 Å². The second kappa shape index (κ2) is 7.95. The number of carbonyl (C=O) groups is 1. The lowest BCUT2D eigenvalue weighted by atomic mass is 10.1. The van der Waals surface area contributed by atoms with Crippen molar-refractivity contribution in [3.8, 4) is 11.5 Å². The molecule has 3 aromatic rings. The predicted molar refractivity (Wildman–Crippen MR) is 97.8 cm³/mol. The van der Waals surface area contributed by atoms with Crippen molar-refractivity contribution < 1.29 is 9.32 Å². The molecule has 0 aliphatic rings. The van der Waals surface area contributed by atoms with Crippen molar-refractivity contribution in [3.63, 3.8) is 0 Å². The molecule has 136 valence electrons. The van der Waals surface area contributed by atoms with Gasteiger partial charge in [-0.3, -0.25) is 9.48 Å². The topological polar surface area (TPSA) is 85.8 Å². The minimum Gasteiger partial charge on any atom is -0.350 e. The zero-order valence-corrected chi connectivity index (χ0v) is 15.3. The van der Waals surface area contributed by atoms with E-state index in [0.29, 0.717) is 36.9 Å². The summed E-state index contributed by atoms with van der Waals surface area (Å²) >= 11 is 0. The lowest BCUT2D eigenvalue weighted by Crippen LogP contribution is -2.28. The SMILES string of the molecule is CCn1nc(C(C)C)cc1C(=O)NCCc1noc(-c2ccccc2)n1. The molecule has 26 heavy (non-hydrogen) atoms. The molecule has 7 nitrogen and oxygen atoms in total. The monoisotopic (exact) mass is 353 g/mol. The summed E-state index contributed by atoms with van der Waals surface area (Å²) in [5, 5.41) is 11.3. The standard InChI is InChI=1S/C19H23N5O2/c1-4-24-16(12-15(22-24)13(2)3)18(25)20-11-10-17-21-19(26-23-17)14-8-6-5-7-9-14/h5-9,12-13H,4,10-11H2,1-3H3,(H,20,25). The van der Waals surface area contributed by atoms with Gasteiger partial charge in [0.15, 0.2) is 5.82 Å². The minimum absolute atomic E-state index is 0.141. The second-order valence-electron chi connectivity index (χ2n) is 6.31. The molecule has 0 radical (unpaired) electrons. The van der Waals surface area contributed by atoms with Gasteiger partial charge in [-0.25, -0.2) is 0 Å². The maximum atomic E-state index is 12.4. The van der Waals surface area contributed by atoms with E-state index >= 15 is 0 Å². The smallest absolute Gasteiger partial charge is 0.269 e. The zero-order valence-electron chi connectivity index (χ0n) is 15.3. The first kappa shape index (κ1) is 17.8. The van der Waals surface area contributed by atoms with Crippen LogP contribution in [-0.4, -0.2) is 32.4 Å². The Hall–Kier alpha value is -2.96. The van der Waals surface area contributed by atoms with Crippen LogP contribution in [0.3, 0.4) is 0 Å². The summed E-state index contributed by atoms with van der Waals surface area (Å²) in [4.78, 5) is 16.8. The molecule has 2 heterocycles. The summed E-state index contributed by atoms with van der Waals surface area (Å²) in [6, 6.07) is 11.4. The van der Waals surface area contributed by atoms with Gasteiger partial charge in [0.05, 0.1) is 5.69 Å². The average Bonchev–Trinajstić information content (AvgIpc) is 3.29. The summed E-state index contributed by atoms with van der Waals surface area (Å²) in [5.74, 6) is 1.19. The van der Waals surface area contributed by atoms with Crippen LogP contribution < -0.4 is 5.32 Å². The summed E-state index contributed by atoms with van der Waals surface area (Å²) in [6.07, 6.45) is 0.499. The van der Waals surface area contributed by atoms with Crippen LogP contribution in [0, 0.1) is 0 Å². The van der Waals surface area contributed by atoms with E-state index < -0.39 is 0 Å². The lowest BCUT2D eigenvalue weighted by Gasteiger charge is -2.05. The van der Waals surface area contributed by atoms with Crippen molar-refractivity contribution >= 4 is 5.91 Å². The number of hydrogen-bond acceptors (Lipinski definition) is 5. The quantitative estimate of drug-likeness (QED) is 0.705. The molecule has 0 aliphatic heterocycles. The van der Waals surface area contributed by atoms with Crippen LogP contribution in [0.2, 0.25) is 0 Å². The number of amides is 1. The summed E-state index contributed by atoms with van der Waals surface area (Å²) in [6.45, 7) is 7.17. The van der Waals surface area contributed by atoms with Gasteiger partial charge in [0.2, 0.25) is 0 Å². The summed E-state index contributed by atoms with van der Waals surface area (Å²) in [5.41, 5.74) is 2.38. The summed E-state index contributed by atoms with van der Waals surface area (Å²) < 4.78 is 7.00. The Labute approximate surface area is 152 Å². The number of benzene rings is 1. The van der Waals surface area contributed by atoms with Crippen LogP contribution in [0.5, 0.6) is 0 Å². The highest BCUT2D eigenvalue weighted by Crippen LogP contribution is 2.16. The molecule has 0 spiro atoms. The van der Waals surface area contributed by atoms with E-state index in [-0.39, 0.29) is 11.8 Å². The molecule has 0 aliphatic carbocycles. The normalized spacial score (nSPS) is 11.1. The predicted octanol–water partition coefficient (Wildman–Crippen LogP) is 3.05. The highest BCUT2D eigenvalue weighted by atomic mass is 16.5. The van der Waals surface area contributed by atoms with E-state index in [4.69, 9.17) is 4.52 Å². The average molecular weight is 353 g/mol. The third kappa shape index (κ3) is 3.99. The van der Waals surface area contributed by atoms with Gasteiger partial charge in [-0.05, 0) is 31.0 Å². The highest BCUT2D eigenvalue weighted by molar-refractivity contribution is 5.92. The van der Waals surface area contributed by atoms with Crippen molar-refractivity contribution in [1.82, 2.24) is 25.2 Å². The number of aromatic nitrogens is 4. The molecule has 1 aromatic carbocycles. The van der Waals surface area contributed by atoms with E-state index in [0.717, 1.165) is 11.3 Å². The first-order valence-corrected chi connectivity index (χ1v) is 8.82. The van der Waals surface area contributed by atoms with Crippen LogP contribution in [0.4, 0.5) is 0 Å². The Bertz CT molecular complexity index is 867. The molecular formula is C19H23N5O2. The second-order valence-corrected chi connectivity index (χ2v) is 6.31. The van der Waals surface area contributed by atoms with Gasteiger partial charge in [0.25, 0.3) is 11.8 Å². The van der Waals surface area contributed by atoms with Crippen molar-refractivity contribution in [1.29, 1.82) is 0 Å². The van der Waals surface area contributed by atoms with Crippen LogP contribution in [0.15, 0.2) is 40.9 Å². The Balaban J connectivity index is 1.58. The fourth-order valence-electron chi connectivity index (χ4n) is 2.57. The van der Waals surface area contributed by atoms with Gasteiger partial charge in [0, 0.05) is 25.1 Å². The molecule has 1 amide bonds. The van der Waals surface area contributed by atoms with Gasteiger partial charge >= 0.3 is 0 Å². The van der Waals surface area contributed by atoms with E-state index in [1.54, 1.807) is 4.68 Å². The van der Waals surface area contributed by atoms with Gasteiger partial charge < -0.3 is 9.84 Å². The van der Waals surface area contributed by atoms with Crippen molar-refractivity contribution in [3.05, 3.63) is 53.6 Å². The molecule has 0 unspecified atom stereocenters. The Kier molecular flexibility index (Phi) is 5.46. The third-order valence-corrected chi connectivity index (χ3v) is 4.05. The van der Waals surface area contributed by atoms with E-state index in [1.165, 1.54) is 0 Å². The fraction of sp³-hybridized carbons (Fsp3) is 0.368. The largest absolute Gasteiger partial charge is 0.350 e. The van der Waals surface area contributed by atoms with Crippen molar-refractivity contribution in [2.45, 2.75) is 39.7 Å². The number of aryl methyl sites for hydroxylation is 1.